The van der Waals surface area contributed by atoms with Crippen LogP contribution in [0.25, 0.3) is 0 Å². The van der Waals surface area contributed by atoms with Gasteiger partial charge in [0.05, 0.1) is 26.4 Å². The summed E-state index contributed by atoms with van der Waals surface area (Å²) in [5.74, 6) is 0.646. The van der Waals surface area contributed by atoms with Gasteiger partial charge in [-0.25, -0.2) is 4.98 Å². The Labute approximate surface area is 312 Å². The van der Waals surface area contributed by atoms with E-state index >= 15 is 0 Å². The first-order valence-electron chi connectivity index (χ1n) is 18.1. The third kappa shape index (κ3) is 9.06. The van der Waals surface area contributed by atoms with Gasteiger partial charge in [-0.1, -0.05) is 182 Å². The van der Waals surface area contributed by atoms with Crippen molar-refractivity contribution < 1.29 is 18.9 Å². The Balaban J connectivity index is 1.32. The van der Waals surface area contributed by atoms with E-state index in [1.54, 1.807) is 6.20 Å². The molecule has 0 saturated carbocycles. The van der Waals surface area contributed by atoms with Gasteiger partial charge in [-0.15, -0.1) is 0 Å². The van der Waals surface area contributed by atoms with Crippen LogP contribution in [0.3, 0.4) is 0 Å². The molecular weight excluding hydrogens is 657 g/mol. The van der Waals surface area contributed by atoms with Crippen molar-refractivity contribution in [3.05, 3.63) is 234 Å². The molecule has 0 aliphatic heterocycles. The highest BCUT2D eigenvalue weighted by atomic mass is 16.6. The smallest absolute Gasteiger partial charge is 0.144 e. The van der Waals surface area contributed by atoms with Crippen molar-refractivity contribution in [2.45, 2.75) is 43.7 Å². The summed E-state index contributed by atoms with van der Waals surface area (Å²) in [6.45, 7) is 1.20. The highest BCUT2D eigenvalue weighted by Crippen LogP contribution is 2.41. The Bertz CT molecular complexity index is 1930. The number of benzene rings is 6. The van der Waals surface area contributed by atoms with Gasteiger partial charge in [-0.05, 0) is 33.4 Å². The zero-order chi connectivity index (χ0) is 36.0. The SMILES string of the molecule is c1ccc(CO[C@@H]([C@H](COC(c2ccccc2)(c2ccccc2)c2ccccc2)OCc2ccccc2)[C@@H](OCc2ccccc2)c2ncc[nH]2)cc1. The molecule has 0 spiro atoms. The first-order chi connectivity index (χ1) is 26.3. The standard InChI is InChI=1S/C47H44N2O4/c1-7-19-37(20-8-1)33-50-43(36-53-47(40-25-13-4-14-26-40,41-27-15-5-16-28-41)42-29-17-6-18-30-42)44(51-34-38-21-9-2-10-22-38)45(46-48-31-32-49-46)52-35-39-23-11-3-12-24-39/h1-32,43-45H,33-36H2,(H,48,49)/t43-,44-,45+/m0/s1. The van der Waals surface area contributed by atoms with Crippen molar-refractivity contribution in [1.29, 1.82) is 0 Å². The molecule has 0 amide bonds. The highest BCUT2D eigenvalue weighted by Gasteiger charge is 2.41. The van der Waals surface area contributed by atoms with Crippen LogP contribution in [0.4, 0.5) is 0 Å². The van der Waals surface area contributed by atoms with Gasteiger partial charge in [-0.2, -0.15) is 0 Å². The summed E-state index contributed by atoms with van der Waals surface area (Å²) in [5, 5.41) is 0. The molecule has 0 aliphatic rings. The molecule has 1 aromatic heterocycles. The Morgan fingerprint density at radius 2 is 0.868 bits per heavy atom. The van der Waals surface area contributed by atoms with Crippen LogP contribution < -0.4 is 0 Å². The van der Waals surface area contributed by atoms with Crippen molar-refractivity contribution in [3.63, 3.8) is 0 Å². The van der Waals surface area contributed by atoms with Gasteiger partial charge < -0.3 is 23.9 Å². The lowest BCUT2D eigenvalue weighted by atomic mass is 9.80. The molecule has 7 rings (SSSR count). The van der Waals surface area contributed by atoms with Crippen LogP contribution in [0.1, 0.15) is 45.3 Å². The summed E-state index contributed by atoms with van der Waals surface area (Å²) < 4.78 is 28.1. The molecule has 0 bridgehead atoms. The molecule has 0 saturated heterocycles. The van der Waals surface area contributed by atoms with Crippen molar-refractivity contribution in [2.24, 2.45) is 0 Å². The predicted molar refractivity (Wildman–Crippen MR) is 208 cm³/mol. The minimum absolute atomic E-state index is 0.164. The summed E-state index contributed by atoms with van der Waals surface area (Å²) >= 11 is 0. The molecule has 6 heteroatoms. The van der Waals surface area contributed by atoms with E-state index in [1.165, 1.54) is 0 Å². The Morgan fingerprint density at radius 1 is 0.472 bits per heavy atom. The number of aromatic amines is 1. The Hall–Kier alpha value is -5.63. The first kappa shape index (κ1) is 35.8. The van der Waals surface area contributed by atoms with Crippen LogP contribution in [-0.4, -0.2) is 28.8 Å². The third-order valence-electron chi connectivity index (χ3n) is 9.32. The number of imidazole rings is 1. The van der Waals surface area contributed by atoms with Crippen molar-refractivity contribution in [3.8, 4) is 0 Å². The fourth-order valence-corrected chi connectivity index (χ4v) is 6.67. The highest BCUT2D eigenvalue weighted by molar-refractivity contribution is 5.47. The normalized spacial score (nSPS) is 13.3. The van der Waals surface area contributed by atoms with Crippen LogP contribution in [0.2, 0.25) is 0 Å². The zero-order valence-corrected chi connectivity index (χ0v) is 29.6. The van der Waals surface area contributed by atoms with Gasteiger partial charge >= 0.3 is 0 Å². The van der Waals surface area contributed by atoms with E-state index in [0.29, 0.717) is 25.6 Å². The number of ether oxygens (including phenoxy) is 4. The quantitative estimate of drug-likeness (QED) is 0.0904. The average molecular weight is 701 g/mol. The lowest BCUT2D eigenvalue weighted by molar-refractivity contribution is -0.179. The van der Waals surface area contributed by atoms with Crippen LogP contribution in [-0.2, 0) is 44.4 Å². The maximum Gasteiger partial charge on any atom is 0.144 e. The number of nitrogens with one attached hydrogen (secondary N) is 1. The van der Waals surface area contributed by atoms with Crippen molar-refractivity contribution in [1.82, 2.24) is 9.97 Å². The Morgan fingerprint density at radius 3 is 1.28 bits per heavy atom. The zero-order valence-electron chi connectivity index (χ0n) is 29.6. The van der Waals surface area contributed by atoms with Crippen LogP contribution >= 0.6 is 0 Å². The number of H-pyrrole nitrogens is 1. The molecule has 0 radical (unpaired) electrons. The summed E-state index contributed by atoms with van der Waals surface area (Å²) in [6.07, 6.45) is 1.67. The van der Waals surface area contributed by atoms with Crippen molar-refractivity contribution in [2.75, 3.05) is 6.61 Å². The predicted octanol–water partition coefficient (Wildman–Crippen LogP) is 9.85. The Kier molecular flexibility index (Phi) is 12.3. The second kappa shape index (κ2) is 18.2. The molecule has 3 atom stereocenters. The second-order valence-electron chi connectivity index (χ2n) is 12.9. The van der Waals surface area contributed by atoms with Gasteiger partial charge in [0.15, 0.2) is 0 Å². The molecule has 1 N–H and O–H groups in total. The molecule has 0 fully saturated rings. The van der Waals surface area contributed by atoms with E-state index < -0.39 is 23.9 Å². The lowest BCUT2D eigenvalue weighted by Crippen LogP contribution is -2.44. The number of nitrogens with zero attached hydrogens (tertiary/aromatic N) is 1. The number of rotatable bonds is 18. The fourth-order valence-electron chi connectivity index (χ4n) is 6.67. The third-order valence-corrected chi connectivity index (χ3v) is 9.32. The molecule has 53 heavy (non-hydrogen) atoms. The topological polar surface area (TPSA) is 65.6 Å². The molecule has 6 nitrogen and oxygen atoms in total. The minimum atomic E-state index is -0.965. The maximum absolute atomic E-state index is 7.41. The fraction of sp³-hybridized carbons (Fsp3) is 0.170. The van der Waals surface area contributed by atoms with E-state index in [-0.39, 0.29) is 6.61 Å². The van der Waals surface area contributed by atoms with Gasteiger partial charge in [-0.3, -0.25) is 0 Å². The van der Waals surface area contributed by atoms with Crippen molar-refractivity contribution >= 4 is 0 Å². The maximum atomic E-state index is 7.41. The second-order valence-corrected chi connectivity index (χ2v) is 12.9. The number of hydrogen-bond donors (Lipinski definition) is 1. The largest absolute Gasteiger partial charge is 0.368 e. The van der Waals surface area contributed by atoms with Gasteiger partial charge in [0.25, 0.3) is 0 Å². The summed E-state index contributed by atoms with van der Waals surface area (Å²) in [6, 6.07) is 61.6. The molecular formula is C47H44N2O4. The van der Waals surface area contributed by atoms with E-state index in [2.05, 4.69) is 114 Å². The first-order valence-corrected chi connectivity index (χ1v) is 18.1. The molecule has 266 valence electrons. The number of aromatic nitrogens is 2. The van der Waals surface area contributed by atoms with Crippen LogP contribution in [0.15, 0.2) is 194 Å². The molecule has 0 unspecified atom stereocenters. The monoisotopic (exact) mass is 700 g/mol. The number of hydrogen-bond acceptors (Lipinski definition) is 5. The summed E-state index contributed by atoms with van der Waals surface area (Å²) in [7, 11) is 0. The van der Waals surface area contributed by atoms with Crippen LogP contribution in [0.5, 0.6) is 0 Å². The minimum Gasteiger partial charge on any atom is -0.368 e. The van der Waals surface area contributed by atoms with Gasteiger partial charge in [0, 0.05) is 12.4 Å². The molecule has 7 aromatic rings. The molecule has 6 aromatic carbocycles. The van der Waals surface area contributed by atoms with Gasteiger partial charge in [0.2, 0.25) is 0 Å². The van der Waals surface area contributed by atoms with E-state index in [4.69, 9.17) is 23.9 Å². The molecule has 0 aliphatic carbocycles. The summed E-state index contributed by atoms with van der Waals surface area (Å²) in [5.41, 5.74) is 5.16. The van der Waals surface area contributed by atoms with Crippen LogP contribution in [0, 0.1) is 0 Å². The van der Waals surface area contributed by atoms with E-state index in [9.17, 15) is 0 Å². The van der Waals surface area contributed by atoms with E-state index in [1.807, 2.05) is 79.0 Å². The average Bonchev–Trinajstić information content (AvgIpc) is 3.78. The summed E-state index contributed by atoms with van der Waals surface area (Å²) in [4.78, 5) is 8.02. The molecule has 1 heterocycles. The van der Waals surface area contributed by atoms with Gasteiger partial charge in [0.1, 0.15) is 29.7 Å². The van der Waals surface area contributed by atoms with E-state index in [0.717, 1.165) is 33.4 Å². The lowest BCUT2D eigenvalue weighted by Gasteiger charge is -2.39.